The molecule has 23 heavy (non-hydrogen) atoms. The number of rotatable bonds is 3. The normalized spacial score (nSPS) is 27.5. The molecule has 11 heteroatoms. The number of nitrogens with two attached hydrogens (primary N) is 1. The number of aromatic nitrogens is 3. The van der Waals surface area contributed by atoms with Gasteiger partial charge in [0, 0.05) is 6.20 Å². The van der Waals surface area contributed by atoms with E-state index in [0.717, 1.165) is 6.33 Å². The lowest BCUT2D eigenvalue weighted by Crippen LogP contribution is -2.33. The molecule has 0 saturated carbocycles. The monoisotopic (exact) mass is 325 g/mol. The Balaban J connectivity index is 2.16. The molecule has 0 radical (unpaired) electrons. The third kappa shape index (κ3) is 2.31. The highest BCUT2D eigenvalue weighted by Gasteiger charge is 2.44. The van der Waals surface area contributed by atoms with Gasteiger partial charge in [0.05, 0.1) is 17.6 Å². The number of hydrogen-bond donors (Lipinski definition) is 6. The van der Waals surface area contributed by atoms with Crippen LogP contribution in [-0.4, -0.2) is 65.9 Å². The molecule has 4 atom stereocenters. The van der Waals surface area contributed by atoms with Gasteiger partial charge >= 0.3 is 0 Å². The fourth-order valence-corrected chi connectivity index (χ4v) is 2.64. The Labute approximate surface area is 128 Å². The quantitative estimate of drug-likeness (QED) is 0.268. The van der Waals surface area contributed by atoms with Gasteiger partial charge in [-0.1, -0.05) is 0 Å². The molecule has 2 aromatic rings. The molecule has 7 N–H and O–H groups in total. The van der Waals surface area contributed by atoms with Crippen molar-refractivity contribution in [3.63, 3.8) is 0 Å². The van der Waals surface area contributed by atoms with Crippen molar-refractivity contribution in [3.05, 3.63) is 18.1 Å². The Morgan fingerprint density at radius 2 is 2.13 bits per heavy atom. The summed E-state index contributed by atoms with van der Waals surface area (Å²) in [6, 6.07) is 0. The first-order valence-electron chi connectivity index (χ1n) is 6.67. The van der Waals surface area contributed by atoms with E-state index in [1.807, 2.05) is 0 Å². The number of anilines is 1. The summed E-state index contributed by atoms with van der Waals surface area (Å²) in [7, 11) is 0. The molecule has 1 fully saturated rings. The van der Waals surface area contributed by atoms with Gasteiger partial charge in [-0.3, -0.25) is 10.0 Å². The lowest BCUT2D eigenvalue weighted by molar-refractivity contribution is -0.0509. The standard InChI is InChI=1S/C12H15N5O6/c13-9-6-4(11(21)16-22)1-17(10(6)15-3-14-9)12-8(20)7(19)5(2-18)23-12/h1,3,5,7-8,12,18-20,22H,2H2,(H,16,21)(H2,13,14,15)/t5-,7-,8-,12-/m1/s1. The van der Waals surface area contributed by atoms with Crippen LogP contribution in [0.5, 0.6) is 0 Å². The van der Waals surface area contributed by atoms with E-state index in [9.17, 15) is 15.0 Å². The maximum Gasteiger partial charge on any atom is 0.277 e. The first kappa shape index (κ1) is 15.6. The summed E-state index contributed by atoms with van der Waals surface area (Å²) in [5.41, 5.74) is 7.39. The fourth-order valence-electron chi connectivity index (χ4n) is 2.64. The summed E-state index contributed by atoms with van der Waals surface area (Å²) in [4.78, 5) is 19.6. The minimum absolute atomic E-state index is 0.000839. The first-order valence-corrected chi connectivity index (χ1v) is 6.67. The minimum Gasteiger partial charge on any atom is -0.394 e. The van der Waals surface area contributed by atoms with E-state index in [1.54, 1.807) is 0 Å². The van der Waals surface area contributed by atoms with Crippen molar-refractivity contribution in [2.24, 2.45) is 0 Å². The average Bonchev–Trinajstić information content (AvgIpc) is 3.07. The largest absolute Gasteiger partial charge is 0.394 e. The highest BCUT2D eigenvalue weighted by Crippen LogP contribution is 2.34. The molecule has 124 valence electrons. The average molecular weight is 325 g/mol. The number of carbonyl (C=O) groups is 1. The van der Waals surface area contributed by atoms with Crippen molar-refractivity contribution in [2.75, 3.05) is 12.3 Å². The molecule has 1 aliphatic heterocycles. The number of nitrogen functional groups attached to an aromatic ring is 1. The van der Waals surface area contributed by atoms with E-state index >= 15 is 0 Å². The van der Waals surface area contributed by atoms with Gasteiger partial charge in [-0.15, -0.1) is 0 Å². The van der Waals surface area contributed by atoms with E-state index in [-0.39, 0.29) is 22.4 Å². The number of hydrogen-bond acceptors (Lipinski definition) is 9. The van der Waals surface area contributed by atoms with Crippen LogP contribution in [0.3, 0.4) is 0 Å². The van der Waals surface area contributed by atoms with Crippen LogP contribution in [0.25, 0.3) is 11.0 Å². The van der Waals surface area contributed by atoms with Gasteiger partial charge < -0.3 is 30.4 Å². The van der Waals surface area contributed by atoms with Gasteiger partial charge in [0.15, 0.2) is 6.23 Å². The van der Waals surface area contributed by atoms with Gasteiger partial charge in [0.2, 0.25) is 0 Å². The zero-order valence-electron chi connectivity index (χ0n) is 11.7. The van der Waals surface area contributed by atoms with Gasteiger partial charge in [0.25, 0.3) is 5.91 Å². The fraction of sp³-hybridized carbons (Fsp3) is 0.417. The first-order chi connectivity index (χ1) is 11.0. The minimum atomic E-state index is -1.36. The third-order valence-corrected chi connectivity index (χ3v) is 3.78. The molecule has 3 rings (SSSR count). The third-order valence-electron chi connectivity index (χ3n) is 3.78. The molecule has 0 bridgehead atoms. The molecule has 1 aliphatic rings. The molecule has 0 aromatic carbocycles. The topological polar surface area (TPSA) is 176 Å². The number of amides is 1. The van der Waals surface area contributed by atoms with Crippen molar-refractivity contribution in [1.29, 1.82) is 0 Å². The number of aliphatic hydroxyl groups is 3. The van der Waals surface area contributed by atoms with Crippen molar-refractivity contribution in [2.45, 2.75) is 24.5 Å². The van der Waals surface area contributed by atoms with Crippen molar-refractivity contribution in [1.82, 2.24) is 20.0 Å². The summed E-state index contributed by atoms with van der Waals surface area (Å²) in [6.45, 7) is -0.491. The van der Waals surface area contributed by atoms with Crippen LogP contribution in [0.15, 0.2) is 12.5 Å². The molecule has 3 heterocycles. The Kier molecular flexibility index (Phi) is 3.87. The van der Waals surface area contributed by atoms with Gasteiger partial charge in [-0.2, -0.15) is 0 Å². The number of carbonyl (C=O) groups excluding carboxylic acids is 1. The summed E-state index contributed by atoms with van der Waals surface area (Å²) < 4.78 is 6.71. The van der Waals surface area contributed by atoms with Crippen LogP contribution in [-0.2, 0) is 4.74 Å². The second-order valence-electron chi connectivity index (χ2n) is 5.08. The lowest BCUT2D eigenvalue weighted by Gasteiger charge is -2.17. The predicted molar refractivity (Wildman–Crippen MR) is 74.2 cm³/mol. The van der Waals surface area contributed by atoms with Crippen LogP contribution in [0.4, 0.5) is 5.82 Å². The molecule has 0 unspecified atom stereocenters. The van der Waals surface area contributed by atoms with Gasteiger partial charge in [0.1, 0.15) is 36.1 Å². The SMILES string of the molecule is Nc1ncnc2c1c(C(=O)NO)cn2[C@@H]1O[C@H](CO)[C@@H](O)[C@H]1O. The summed E-state index contributed by atoms with van der Waals surface area (Å²) in [5.74, 6) is -0.846. The molecule has 0 aliphatic carbocycles. The number of nitrogens with one attached hydrogen (secondary N) is 1. The van der Waals surface area contributed by atoms with Crippen LogP contribution >= 0.6 is 0 Å². The maximum absolute atomic E-state index is 11.8. The molecule has 1 saturated heterocycles. The summed E-state index contributed by atoms with van der Waals surface area (Å²) >= 11 is 0. The number of fused-ring (bicyclic) bond motifs is 1. The molecule has 11 nitrogen and oxygen atoms in total. The van der Waals surface area contributed by atoms with E-state index in [0.29, 0.717) is 0 Å². The lowest BCUT2D eigenvalue weighted by atomic mass is 10.1. The predicted octanol–water partition coefficient (Wildman–Crippen LogP) is -2.26. The number of aliphatic hydroxyl groups excluding tert-OH is 3. The zero-order valence-corrected chi connectivity index (χ0v) is 11.7. The second-order valence-corrected chi connectivity index (χ2v) is 5.08. The number of ether oxygens (including phenoxy) is 1. The maximum atomic E-state index is 11.8. The highest BCUT2D eigenvalue weighted by molar-refractivity contribution is 6.09. The van der Waals surface area contributed by atoms with E-state index in [2.05, 4.69) is 9.97 Å². The molecular formula is C12H15N5O6. The highest BCUT2D eigenvalue weighted by atomic mass is 16.6. The van der Waals surface area contributed by atoms with Crippen LogP contribution in [0, 0.1) is 0 Å². The Bertz CT molecular complexity index is 749. The van der Waals surface area contributed by atoms with Gasteiger partial charge in [-0.05, 0) is 0 Å². The second kappa shape index (κ2) is 5.72. The van der Waals surface area contributed by atoms with Crippen LogP contribution in [0.2, 0.25) is 0 Å². The Morgan fingerprint density at radius 1 is 1.39 bits per heavy atom. The van der Waals surface area contributed by atoms with Crippen LogP contribution < -0.4 is 11.2 Å². The van der Waals surface area contributed by atoms with Crippen molar-refractivity contribution >= 4 is 22.8 Å². The smallest absolute Gasteiger partial charge is 0.277 e. The zero-order chi connectivity index (χ0) is 16.7. The molecule has 1 amide bonds. The summed E-state index contributed by atoms with van der Waals surface area (Å²) in [6.07, 6.45) is -2.32. The van der Waals surface area contributed by atoms with Crippen LogP contribution in [0.1, 0.15) is 16.6 Å². The Hall–Kier alpha value is -2.31. The Morgan fingerprint density at radius 3 is 2.74 bits per heavy atom. The summed E-state index contributed by atoms with van der Waals surface area (Å²) in [5, 5.41) is 38.1. The van der Waals surface area contributed by atoms with Crippen molar-refractivity contribution in [3.8, 4) is 0 Å². The number of nitrogens with zero attached hydrogens (tertiary/aromatic N) is 3. The molecular weight excluding hydrogens is 310 g/mol. The van der Waals surface area contributed by atoms with Crippen molar-refractivity contribution < 1.29 is 30.1 Å². The molecule has 0 spiro atoms. The molecule has 2 aromatic heterocycles. The van der Waals surface area contributed by atoms with E-state index in [1.165, 1.54) is 16.2 Å². The van der Waals surface area contributed by atoms with E-state index in [4.69, 9.17) is 20.8 Å². The number of hydroxylamine groups is 1. The van der Waals surface area contributed by atoms with E-state index < -0.39 is 37.1 Å². The van der Waals surface area contributed by atoms with Gasteiger partial charge in [-0.25, -0.2) is 15.4 Å².